The molecule has 1 amide bonds. The lowest BCUT2D eigenvalue weighted by Crippen LogP contribution is -2.31. The lowest BCUT2D eigenvalue weighted by atomic mass is 10.1. The summed E-state index contributed by atoms with van der Waals surface area (Å²) in [6, 6.07) is 9.46. The molecule has 0 unspecified atom stereocenters. The van der Waals surface area contributed by atoms with Crippen LogP contribution in [0.5, 0.6) is 0 Å². The Kier molecular flexibility index (Phi) is 4.25. The van der Waals surface area contributed by atoms with E-state index in [9.17, 15) is 9.59 Å². The molecule has 1 N–H and O–H groups in total. The van der Waals surface area contributed by atoms with Crippen LogP contribution in [0.2, 0.25) is 0 Å². The standard InChI is InChI=1S/C14H15Cl2NO3/c1-13(9-14(13,15)16)12(19)20-8-11(18)17-7-10-5-3-2-4-6-10/h2-6H,7-9H2,1H3,(H,17,18)/t13-/m1/s1. The summed E-state index contributed by atoms with van der Waals surface area (Å²) in [4.78, 5) is 23.3. The third-order valence-corrected chi connectivity index (χ3v) is 4.48. The fraction of sp³-hybridized carbons (Fsp3) is 0.429. The van der Waals surface area contributed by atoms with Crippen molar-refractivity contribution in [2.75, 3.05) is 6.61 Å². The summed E-state index contributed by atoms with van der Waals surface area (Å²) in [5, 5.41) is 2.66. The normalized spacial score (nSPS) is 22.9. The zero-order valence-electron chi connectivity index (χ0n) is 11.0. The number of benzene rings is 1. The van der Waals surface area contributed by atoms with Crippen LogP contribution in [-0.2, 0) is 20.9 Å². The number of rotatable bonds is 5. The molecule has 2 rings (SSSR count). The molecule has 1 fully saturated rings. The van der Waals surface area contributed by atoms with E-state index in [4.69, 9.17) is 27.9 Å². The highest BCUT2D eigenvalue weighted by Gasteiger charge is 2.69. The second kappa shape index (κ2) is 5.62. The molecule has 0 aliphatic heterocycles. The maximum atomic E-state index is 11.8. The summed E-state index contributed by atoms with van der Waals surface area (Å²) >= 11 is 11.7. The largest absolute Gasteiger partial charge is 0.455 e. The van der Waals surface area contributed by atoms with Gasteiger partial charge in [0, 0.05) is 13.0 Å². The van der Waals surface area contributed by atoms with E-state index < -0.39 is 15.7 Å². The topological polar surface area (TPSA) is 55.4 Å². The van der Waals surface area contributed by atoms with E-state index in [0.29, 0.717) is 13.0 Å². The third kappa shape index (κ3) is 3.25. The maximum Gasteiger partial charge on any atom is 0.315 e. The van der Waals surface area contributed by atoms with Crippen molar-refractivity contribution in [2.45, 2.75) is 24.2 Å². The van der Waals surface area contributed by atoms with Gasteiger partial charge in [0.15, 0.2) is 6.61 Å². The van der Waals surface area contributed by atoms with Crippen molar-refractivity contribution in [3.8, 4) is 0 Å². The SMILES string of the molecule is C[C@]1(C(=O)OCC(=O)NCc2ccccc2)CC1(Cl)Cl. The van der Waals surface area contributed by atoms with Gasteiger partial charge in [-0.3, -0.25) is 9.59 Å². The van der Waals surface area contributed by atoms with E-state index in [1.165, 1.54) is 0 Å². The molecule has 0 heterocycles. The molecule has 1 aromatic rings. The monoisotopic (exact) mass is 315 g/mol. The number of ether oxygens (including phenoxy) is 1. The van der Waals surface area contributed by atoms with Crippen LogP contribution in [0.1, 0.15) is 18.9 Å². The second-order valence-corrected chi connectivity index (χ2v) is 6.54. The minimum Gasteiger partial charge on any atom is -0.455 e. The summed E-state index contributed by atoms with van der Waals surface area (Å²) in [5.41, 5.74) is 0.0670. The molecule has 6 heteroatoms. The Morgan fingerprint density at radius 1 is 1.30 bits per heavy atom. The Labute approximate surface area is 127 Å². The first-order valence-corrected chi connectivity index (χ1v) is 6.96. The summed E-state index contributed by atoms with van der Waals surface area (Å²) in [7, 11) is 0. The van der Waals surface area contributed by atoms with E-state index >= 15 is 0 Å². The van der Waals surface area contributed by atoms with E-state index in [1.807, 2.05) is 30.3 Å². The number of esters is 1. The molecule has 1 aliphatic rings. The van der Waals surface area contributed by atoms with Crippen LogP contribution in [0.25, 0.3) is 0 Å². The summed E-state index contributed by atoms with van der Waals surface area (Å²) in [6.07, 6.45) is 0.341. The van der Waals surface area contributed by atoms with E-state index in [0.717, 1.165) is 5.56 Å². The molecule has 1 saturated carbocycles. The van der Waals surface area contributed by atoms with Crippen LogP contribution in [0.4, 0.5) is 0 Å². The number of hydrogen-bond acceptors (Lipinski definition) is 3. The third-order valence-electron chi connectivity index (χ3n) is 3.38. The highest BCUT2D eigenvalue weighted by atomic mass is 35.5. The molecular formula is C14H15Cl2NO3. The van der Waals surface area contributed by atoms with Crippen molar-refractivity contribution in [3.05, 3.63) is 35.9 Å². The molecule has 0 aromatic heterocycles. The number of nitrogens with one attached hydrogen (secondary N) is 1. The van der Waals surface area contributed by atoms with Crippen LogP contribution < -0.4 is 5.32 Å². The van der Waals surface area contributed by atoms with Crippen molar-refractivity contribution in [1.82, 2.24) is 5.32 Å². The van der Waals surface area contributed by atoms with Crippen LogP contribution in [0, 0.1) is 5.41 Å². The first-order chi connectivity index (χ1) is 9.35. The number of carbonyl (C=O) groups excluding carboxylic acids is 2. The van der Waals surface area contributed by atoms with Gasteiger partial charge < -0.3 is 10.1 Å². The van der Waals surface area contributed by atoms with Crippen molar-refractivity contribution in [2.24, 2.45) is 5.41 Å². The fourth-order valence-electron chi connectivity index (χ4n) is 1.76. The quantitative estimate of drug-likeness (QED) is 0.670. The van der Waals surface area contributed by atoms with Crippen LogP contribution in [0.3, 0.4) is 0 Å². The van der Waals surface area contributed by atoms with Crippen molar-refractivity contribution in [1.29, 1.82) is 0 Å². The van der Waals surface area contributed by atoms with Gasteiger partial charge in [-0.1, -0.05) is 30.3 Å². The van der Waals surface area contributed by atoms with Crippen molar-refractivity contribution >= 4 is 35.1 Å². The Morgan fingerprint density at radius 2 is 1.90 bits per heavy atom. The summed E-state index contributed by atoms with van der Waals surface area (Å²) < 4.78 is 3.86. The Balaban J connectivity index is 1.72. The van der Waals surface area contributed by atoms with Gasteiger partial charge in [0.05, 0.1) is 0 Å². The van der Waals surface area contributed by atoms with Crippen molar-refractivity contribution in [3.63, 3.8) is 0 Å². The molecule has 0 spiro atoms. The Morgan fingerprint density at radius 3 is 2.45 bits per heavy atom. The molecular weight excluding hydrogens is 301 g/mol. The van der Waals surface area contributed by atoms with Gasteiger partial charge in [-0.2, -0.15) is 0 Å². The van der Waals surface area contributed by atoms with Gasteiger partial charge >= 0.3 is 5.97 Å². The van der Waals surface area contributed by atoms with Gasteiger partial charge in [-0.25, -0.2) is 0 Å². The predicted octanol–water partition coefficient (Wildman–Crippen LogP) is 2.43. The zero-order chi connectivity index (χ0) is 14.8. The van der Waals surface area contributed by atoms with E-state index in [2.05, 4.69) is 5.32 Å². The fourth-order valence-corrected chi connectivity index (χ4v) is 2.45. The van der Waals surface area contributed by atoms with Crippen molar-refractivity contribution < 1.29 is 14.3 Å². The molecule has 20 heavy (non-hydrogen) atoms. The van der Waals surface area contributed by atoms with Gasteiger partial charge in [-0.15, -0.1) is 23.2 Å². The first-order valence-electron chi connectivity index (χ1n) is 6.21. The summed E-state index contributed by atoms with van der Waals surface area (Å²) in [6.45, 7) is 1.69. The highest BCUT2D eigenvalue weighted by Crippen LogP contribution is 2.64. The maximum absolute atomic E-state index is 11.8. The number of halogens is 2. The second-order valence-electron chi connectivity index (χ2n) is 5.05. The number of hydrogen-bond donors (Lipinski definition) is 1. The number of alkyl halides is 2. The minimum atomic E-state index is -1.08. The molecule has 0 bridgehead atoms. The molecule has 0 radical (unpaired) electrons. The van der Waals surface area contributed by atoms with Gasteiger partial charge in [0.25, 0.3) is 5.91 Å². The molecule has 1 aromatic carbocycles. The Hall–Kier alpha value is -1.26. The molecule has 0 saturated heterocycles. The Bertz CT molecular complexity index is 518. The van der Waals surface area contributed by atoms with Gasteiger partial charge in [-0.05, 0) is 12.5 Å². The van der Waals surface area contributed by atoms with E-state index in [1.54, 1.807) is 6.92 Å². The minimum absolute atomic E-state index is 0.328. The summed E-state index contributed by atoms with van der Waals surface area (Å²) in [5.74, 6) is -0.904. The lowest BCUT2D eigenvalue weighted by Gasteiger charge is -2.11. The van der Waals surface area contributed by atoms with E-state index in [-0.39, 0.29) is 12.5 Å². The predicted molar refractivity (Wildman–Crippen MR) is 76.4 cm³/mol. The van der Waals surface area contributed by atoms with Gasteiger partial charge in [0.2, 0.25) is 0 Å². The highest BCUT2D eigenvalue weighted by molar-refractivity contribution is 6.53. The van der Waals surface area contributed by atoms with Crippen LogP contribution in [-0.4, -0.2) is 22.8 Å². The smallest absolute Gasteiger partial charge is 0.315 e. The van der Waals surface area contributed by atoms with Crippen LogP contribution >= 0.6 is 23.2 Å². The molecule has 108 valence electrons. The zero-order valence-corrected chi connectivity index (χ0v) is 12.5. The van der Waals surface area contributed by atoms with Gasteiger partial charge in [0.1, 0.15) is 9.75 Å². The average Bonchev–Trinajstić information content (AvgIpc) is 2.95. The lowest BCUT2D eigenvalue weighted by molar-refractivity contribution is -0.153. The van der Waals surface area contributed by atoms with Crippen LogP contribution in [0.15, 0.2) is 30.3 Å². The molecule has 4 nitrogen and oxygen atoms in total. The number of amides is 1. The molecule has 1 atom stereocenters. The average molecular weight is 316 g/mol. The number of carbonyl (C=O) groups is 2. The molecule has 1 aliphatic carbocycles. The first kappa shape index (κ1) is 15.1.